The van der Waals surface area contributed by atoms with Crippen molar-refractivity contribution in [3.63, 3.8) is 0 Å². The van der Waals surface area contributed by atoms with Crippen LogP contribution >= 0.6 is 12.4 Å². The molecule has 144 valence electrons. The quantitative estimate of drug-likeness (QED) is 0.636. The molecular weight excluding hydrogens is 366 g/mol. The number of hydrogen-bond donors (Lipinski definition) is 2. The predicted octanol–water partition coefficient (Wildman–Crippen LogP) is 5.26. The lowest BCUT2D eigenvalue weighted by molar-refractivity contribution is 0.549. The second kappa shape index (κ2) is 8.94. The summed E-state index contributed by atoms with van der Waals surface area (Å²) in [6.07, 6.45) is 0. The zero-order chi connectivity index (χ0) is 18.6. The third-order valence-electron chi connectivity index (χ3n) is 5.23. The van der Waals surface area contributed by atoms with Crippen LogP contribution < -0.4 is 10.6 Å². The van der Waals surface area contributed by atoms with Gasteiger partial charge in [-0.05, 0) is 41.7 Å². The van der Waals surface area contributed by atoms with Crippen LogP contribution in [-0.4, -0.2) is 5.96 Å². The molecule has 0 amide bonds. The van der Waals surface area contributed by atoms with Gasteiger partial charge < -0.3 is 10.6 Å². The lowest BCUT2D eigenvalue weighted by Crippen LogP contribution is -2.25. The number of hydrogen-bond acceptors (Lipinski definition) is 1. The fourth-order valence-electron chi connectivity index (χ4n) is 3.73. The van der Waals surface area contributed by atoms with Crippen LogP contribution in [0.2, 0.25) is 0 Å². The van der Waals surface area contributed by atoms with E-state index in [0.717, 1.165) is 5.96 Å². The molecule has 2 N–H and O–H groups in total. The molecule has 2 atom stereocenters. The Morgan fingerprint density at radius 1 is 0.679 bits per heavy atom. The van der Waals surface area contributed by atoms with E-state index < -0.39 is 0 Å². The van der Waals surface area contributed by atoms with Gasteiger partial charge in [0, 0.05) is 0 Å². The average molecular weight is 392 g/mol. The molecule has 28 heavy (non-hydrogen) atoms. The molecule has 1 fully saturated rings. The lowest BCUT2D eigenvalue weighted by atomic mass is 9.90. The van der Waals surface area contributed by atoms with Crippen LogP contribution in [0.25, 0.3) is 0 Å². The first-order valence-corrected chi connectivity index (χ1v) is 9.45. The second-order valence-corrected chi connectivity index (χ2v) is 7.11. The van der Waals surface area contributed by atoms with E-state index in [2.05, 4.69) is 97.3 Å². The number of benzene rings is 3. The normalized spacial score (nSPS) is 18.0. The van der Waals surface area contributed by atoms with E-state index in [9.17, 15) is 0 Å². The van der Waals surface area contributed by atoms with Gasteiger partial charge in [0.05, 0.1) is 18.6 Å². The van der Waals surface area contributed by atoms with Gasteiger partial charge >= 0.3 is 0 Å². The van der Waals surface area contributed by atoms with Gasteiger partial charge in [0.1, 0.15) is 0 Å². The van der Waals surface area contributed by atoms with Crippen LogP contribution in [0.5, 0.6) is 0 Å². The summed E-state index contributed by atoms with van der Waals surface area (Å²) in [4.78, 5) is 4.80. The van der Waals surface area contributed by atoms with E-state index in [0.29, 0.717) is 6.54 Å². The molecule has 1 heterocycles. The second-order valence-electron chi connectivity index (χ2n) is 7.11. The molecule has 3 aromatic rings. The summed E-state index contributed by atoms with van der Waals surface area (Å²) in [6, 6.07) is 27.8. The number of nitrogens with zero attached hydrogens (tertiary/aromatic N) is 1. The highest BCUT2D eigenvalue weighted by molar-refractivity contribution is 5.85. The fraction of sp³-hybridized carbons (Fsp3) is 0.208. The van der Waals surface area contributed by atoms with Crippen molar-refractivity contribution in [3.05, 3.63) is 107 Å². The van der Waals surface area contributed by atoms with Crippen molar-refractivity contribution < 1.29 is 0 Å². The van der Waals surface area contributed by atoms with Crippen molar-refractivity contribution in [2.24, 2.45) is 4.99 Å². The van der Waals surface area contributed by atoms with Gasteiger partial charge in [-0.1, -0.05) is 78.9 Å². The minimum absolute atomic E-state index is 0. The zero-order valence-corrected chi connectivity index (χ0v) is 17.0. The highest BCUT2D eigenvalue weighted by Gasteiger charge is 2.34. The average Bonchev–Trinajstić information content (AvgIpc) is 3.12. The Bertz CT molecular complexity index is 897. The Labute approximate surface area is 173 Å². The summed E-state index contributed by atoms with van der Waals surface area (Å²) in [5.41, 5.74) is 6.41. The molecule has 0 spiro atoms. The van der Waals surface area contributed by atoms with Gasteiger partial charge in [0.25, 0.3) is 0 Å². The summed E-state index contributed by atoms with van der Waals surface area (Å²) >= 11 is 0. The molecule has 2 unspecified atom stereocenters. The fourth-order valence-corrected chi connectivity index (χ4v) is 3.73. The number of nitrogens with one attached hydrogen (secondary N) is 2. The largest absolute Gasteiger partial charge is 0.347 e. The van der Waals surface area contributed by atoms with Gasteiger partial charge in [-0.2, -0.15) is 0 Å². The molecule has 0 saturated carbocycles. The van der Waals surface area contributed by atoms with Crippen LogP contribution in [0.15, 0.2) is 83.9 Å². The van der Waals surface area contributed by atoms with E-state index in [-0.39, 0.29) is 24.5 Å². The molecule has 4 heteroatoms. The first-order valence-electron chi connectivity index (χ1n) is 9.45. The third-order valence-corrected chi connectivity index (χ3v) is 5.23. The molecule has 4 rings (SSSR count). The van der Waals surface area contributed by atoms with E-state index in [1.165, 1.54) is 27.8 Å². The zero-order valence-electron chi connectivity index (χ0n) is 16.2. The molecule has 3 aromatic carbocycles. The Morgan fingerprint density at radius 2 is 1.14 bits per heavy atom. The van der Waals surface area contributed by atoms with Crippen LogP contribution in [0.3, 0.4) is 0 Å². The van der Waals surface area contributed by atoms with E-state index >= 15 is 0 Å². The monoisotopic (exact) mass is 391 g/mol. The molecule has 1 aliphatic heterocycles. The minimum Gasteiger partial charge on any atom is -0.347 e. The molecule has 0 bridgehead atoms. The molecular formula is C24H26ClN3. The van der Waals surface area contributed by atoms with Crippen molar-refractivity contribution in [2.45, 2.75) is 32.5 Å². The summed E-state index contributed by atoms with van der Waals surface area (Å²) < 4.78 is 0. The summed E-state index contributed by atoms with van der Waals surface area (Å²) in [6.45, 7) is 5.01. The highest BCUT2D eigenvalue weighted by atomic mass is 35.5. The maximum Gasteiger partial charge on any atom is 0.192 e. The smallest absolute Gasteiger partial charge is 0.192 e. The number of halogens is 1. The number of rotatable bonds is 4. The van der Waals surface area contributed by atoms with Crippen molar-refractivity contribution in [1.29, 1.82) is 0 Å². The Balaban J connectivity index is 0.00000225. The topological polar surface area (TPSA) is 36.4 Å². The maximum absolute atomic E-state index is 4.80. The van der Waals surface area contributed by atoms with E-state index in [4.69, 9.17) is 4.99 Å². The van der Waals surface area contributed by atoms with Gasteiger partial charge in [-0.25, -0.2) is 4.99 Å². The summed E-state index contributed by atoms with van der Waals surface area (Å²) in [5, 5.41) is 7.27. The Hall–Kier alpha value is -2.78. The number of aliphatic imine (C=N–C) groups is 1. The van der Waals surface area contributed by atoms with Crippen LogP contribution in [-0.2, 0) is 6.54 Å². The predicted molar refractivity (Wildman–Crippen MR) is 119 cm³/mol. The number of aryl methyl sites for hydroxylation is 2. The lowest BCUT2D eigenvalue weighted by Gasteiger charge is -2.22. The van der Waals surface area contributed by atoms with E-state index in [1.807, 2.05) is 6.07 Å². The van der Waals surface area contributed by atoms with Gasteiger partial charge in [0.15, 0.2) is 5.96 Å². The molecule has 1 aliphatic rings. The van der Waals surface area contributed by atoms with Gasteiger partial charge in [-0.3, -0.25) is 0 Å². The minimum atomic E-state index is 0. The first kappa shape index (κ1) is 20.0. The van der Waals surface area contributed by atoms with Crippen molar-refractivity contribution >= 4 is 18.4 Å². The summed E-state index contributed by atoms with van der Waals surface area (Å²) in [5.74, 6) is 0.861. The van der Waals surface area contributed by atoms with Crippen LogP contribution in [0.4, 0.5) is 0 Å². The summed E-state index contributed by atoms with van der Waals surface area (Å²) in [7, 11) is 0. The Kier molecular flexibility index (Phi) is 6.37. The highest BCUT2D eigenvalue weighted by Crippen LogP contribution is 2.35. The van der Waals surface area contributed by atoms with Gasteiger partial charge in [-0.15, -0.1) is 12.4 Å². The third kappa shape index (κ3) is 4.20. The molecule has 0 radical (unpaired) electrons. The maximum atomic E-state index is 4.80. The molecule has 1 saturated heterocycles. The van der Waals surface area contributed by atoms with Crippen molar-refractivity contribution in [2.75, 3.05) is 0 Å². The van der Waals surface area contributed by atoms with Crippen LogP contribution in [0, 0.1) is 13.8 Å². The standard InChI is InChI=1S/C24H25N3.ClH/c1-17-10-6-8-14-20(17)22-23(21-15-9-7-11-18(21)2)27-24(26-22)25-16-19-12-4-3-5-13-19;/h3-15,22-23H,16H2,1-2H3,(H2,25,26,27);1H. The SMILES string of the molecule is Cc1ccccc1C1NC(=NCc2ccccc2)NC1c1ccccc1C.Cl. The van der Waals surface area contributed by atoms with Crippen molar-refractivity contribution in [3.8, 4) is 0 Å². The molecule has 0 aliphatic carbocycles. The first-order chi connectivity index (χ1) is 13.2. The van der Waals surface area contributed by atoms with Crippen molar-refractivity contribution in [1.82, 2.24) is 10.6 Å². The van der Waals surface area contributed by atoms with Crippen LogP contribution in [0.1, 0.15) is 39.9 Å². The molecule has 0 aromatic heterocycles. The number of guanidine groups is 1. The van der Waals surface area contributed by atoms with E-state index in [1.54, 1.807) is 0 Å². The Morgan fingerprint density at radius 3 is 1.64 bits per heavy atom. The van der Waals surface area contributed by atoms with Gasteiger partial charge in [0.2, 0.25) is 0 Å². The molecule has 3 nitrogen and oxygen atoms in total.